The maximum absolute atomic E-state index is 10.7. The summed E-state index contributed by atoms with van der Waals surface area (Å²) in [7, 11) is 3.43. The van der Waals surface area contributed by atoms with Crippen molar-refractivity contribution in [2.75, 3.05) is 14.1 Å². The Labute approximate surface area is 55.3 Å². The van der Waals surface area contributed by atoms with Gasteiger partial charge >= 0.3 is 0 Å². The Morgan fingerprint density at radius 3 is 2.00 bits per heavy atom. The number of hydrogen-bond donors (Lipinski definition) is 1. The van der Waals surface area contributed by atoms with Gasteiger partial charge in [-0.05, 0) is 6.92 Å². The fraction of sp³-hybridized carbons (Fsp3) is 0.800. The van der Waals surface area contributed by atoms with Crippen LogP contribution in [0.15, 0.2) is 0 Å². The molecule has 0 bridgehead atoms. The Bertz CT molecular complexity index is 80.4. The van der Waals surface area contributed by atoms with Crippen molar-refractivity contribution in [1.82, 2.24) is 4.90 Å². The summed E-state index contributed by atoms with van der Waals surface area (Å²) in [5.41, 5.74) is 0. The lowest BCUT2D eigenvalue weighted by molar-refractivity contribution is -0.127. The van der Waals surface area contributed by atoms with Gasteiger partial charge in [0.1, 0.15) is 0 Å². The van der Waals surface area contributed by atoms with Crippen molar-refractivity contribution in [2.45, 2.75) is 12.2 Å². The third kappa shape index (κ3) is 2.21. The number of thiol groups is 1. The first kappa shape index (κ1) is 7.82. The Kier molecular flexibility index (Phi) is 2.90. The molecule has 1 atom stereocenters. The van der Waals surface area contributed by atoms with Gasteiger partial charge < -0.3 is 4.90 Å². The molecule has 0 radical (unpaired) electrons. The largest absolute Gasteiger partial charge is 0.348 e. The molecule has 0 fully saturated rings. The van der Waals surface area contributed by atoms with E-state index in [0.29, 0.717) is 0 Å². The highest BCUT2D eigenvalue weighted by Crippen LogP contribution is 1.94. The quantitative estimate of drug-likeness (QED) is 0.513. The van der Waals surface area contributed by atoms with Crippen molar-refractivity contribution in [3.05, 3.63) is 0 Å². The number of nitrogens with zero attached hydrogens (tertiary/aromatic N) is 1. The summed E-state index contributed by atoms with van der Waals surface area (Å²) >= 11 is 3.94. The van der Waals surface area contributed by atoms with Gasteiger partial charge in [0.2, 0.25) is 5.91 Å². The molecule has 0 aromatic heterocycles. The third-order valence-electron chi connectivity index (χ3n) is 0.798. The monoisotopic (exact) mass is 133 g/mol. The van der Waals surface area contributed by atoms with Crippen molar-refractivity contribution in [3.63, 3.8) is 0 Å². The molecule has 0 aliphatic rings. The van der Waals surface area contributed by atoms with Crippen LogP contribution in [0.2, 0.25) is 0 Å². The lowest BCUT2D eigenvalue weighted by Crippen LogP contribution is -2.28. The average molecular weight is 133 g/mol. The highest BCUT2D eigenvalue weighted by atomic mass is 32.1. The van der Waals surface area contributed by atoms with Crippen molar-refractivity contribution < 1.29 is 4.79 Å². The molecule has 3 heteroatoms. The predicted molar refractivity (Wildman–Crippen MR) is 37.1 cm³/mol. The summed E-state index contributed by atoms with van der Waals surface area (Å²) in [5.74, 6) is 0.0494. The number of carbonyl (C=O) groups excluding carboxylic acids is 1. The van der Waals surface area contributed by atoms with E-state index in [9.17, 15) is 4.79 Å². The van der Waals surface area contributed by atoms with Crippen LogP contribution in [0.25, 0.3) is 0 Å². The summed E-state index contributed by atoms with van der Waals surface area (Å²) in [4.78, 5) is 12.2. The third-order valence-corrected chi connectivity index (χ3v) is 1.02. The van der Waals surface area contributed by atoms with E-state index >= 15 is 0 Å². The van der Waals surface area contributed by atoms with Crippen LogP contribution in [-0.2, 0) is 4.79 Å². The second-order valence-electron chi connectivity index (χ2n) is 1.91. The first-order valence-corrected chi connectivity index (χ1v) is 2.96. The van der Waals surface area contributed by atoms with Gasteiger partial charge in [-0.2, -0.15) is 12.6 Å². The van der Waals surface area contributed by atoms with E-state index in [1.165, 1.54) is 4.90 Å². The molecule has 2 nitrogen and oxygen atoms in total. The molecule has 0 aliphatic carbocycles. The molecule has 8 heavy (non-hydrogen) atoms. The van der Waals surface area contributed by atoms with Crippen molar-refractivity contribution in [1.29, 1.82) is 0 Å². The molecule has 0 N–H and O–H groups in total. The SMILES string of the molecule is CC(S)C(=O)N(C)C. The van der Waals surface area contributed by atoms with Gasteiger partial charge in [0.05, 0.1) is 5.25 Å². The van der Waals surface area contributed by atoms with Crippen LogP contribution < -0.4 is 0 Å². The fourth-order valence-electron chi connectivity index (χ4n) is 0.374. The van der Waals surface area contributed by atoms with Gasteiger partial charge in [0.25, 0.3) is 0 Å². The van der Waals surface area contributed by atoms with Gasteiger partial charge in [-0.25, -0.2) is 0 Å². The van der Waals surface area contributed by atoms with E-state index in [0.717, 1.165) is 0 Å². The first-order valence-electron chi connectivity index (χ1n) is 2.45. The van der Waals surface area contributed by atoms with E-state index in [4.69, 9.17) is 0 Å². The molecule has 0 heterocycles. The van der Waals surface area contributed by atoms with Gasteiger partial charge in [-0.15, -0.1) is 0 Å². The topological polar surface area (TPSA) is 20.3 Å². The number of rotatable bonds is 1. The molecule has 1 unspecified atom stereocenters. The predicted octanol–water partition coefficient (Wildman–Crippen LogP) is 0.393. The standard InChI is InChI=1S/C5H11NOS/c1-4(8)5(7)6(2)3/h4,8H,1-3H3. The molecular formula is C5H11NOS. The molecule has 0 spiro atoms. The number of hydrogen-bond acceptors (Lipinski definition) is 2. The molecule has 1 amide bonds. The molecule has 0 rings (SSSR count). The number of carbonyl (C=O) groups is 1. The maximum Gasteiger partial charge on any atom is 0.234 e. The van der Waals surface area contributed by atoms with Gasteiger partial charge in [0.15, 0.2) is 0 Å². The lowest BCUT2D eigenvalue weighted by atomic mass is 10.4. The number of amides is 1. The molecule has 0 aromatic carbocycles. The van der Waals surface area contributed by atoms with E-state index in [1.54, 1.807) is 21.0 Å². The zero-order chi connectivity index (χ0) is 6.73. The van der Waals surface area contributed by atoms with Gasteiger partial charge in [-0.3, -0.25) is 4.79 Å². The summed E-state index contributed by atoms with van der Waals surface area (Å²) in [5, 5.41) is -0.176. The highest BCUT2D eigenvalue weighted by Gasteiger charge is 2.07. The minimum Gasteiger partial charge on any atom is -0.348 e. The van der Waals surface area contributed by atoms with Crippen molar-refractivity contribution in [3.8, 4) is 0 Å². The van der Waals surface area contributed by atoms with E-state index in [-0.39, 0.29) is 11.2 Å². The van der Waals surface area contributed by atoms with Crippen LogP contribution in [0.4, 0.5) is 0 Å². The van der Waals surface area contributed by atoms with Crippen molar-refractivity contribution >= 4 is 18.5 Å². The van der Waals surface area contributed by atoms with Crippen LogP contribution in [0.3, 0.4) is 0 Å². The summed E-state index contributed by atoms with van der Waals surface area (Å²) in [6, 6.07) is 0. The lowest BCUT2D eigenvalue weighted by Gasteiger charge is -2.11. The summed E-state index contributed by atoms with van der Waals surface area (Å²) in [6.45, 7) is 1.76. The van der Waals surface area contributed by atoms with Crippen LogP contribution in [-0.4, -0.2) is 30.2 Å². The molecular weight excluding hydrogens is 122 g/mol. The average Bonchev–Trinajstić information content (AvgIpc) is 1.64. The van der Waals surface area contributed by atoms with E-state index < -0.39 is 0 Å². The fourth-order valence-corrected chi connectivity index (χ4v) is 0.605. The Morgan fingerprint density at radius 2 is 2.00 bits per heavy atom. The molecule has 48 valence electrons. The van der Waals surface area contributed by atoms with Crippen LogP contribution >= 0.6 is 12.6 Å². The minimum atomic E-state index is -0.176. The Balaban J connectivity index is 3.65. The second-order valence-corrected chi connectivity index (χ2v) is 2.68. The van der Waals surface area contributed by atoms with E-state index in [2.05, 4.69) is 12.6 Å². The summed E-state index contributed by atoms with van der Waals surface area (Å²) < 4.78 is 0. The molecule has 0 aromatic rings. The van der Waals surface area contributed by atoms with Crippen LogP contribution in [0, 0.1) is 0 Å². The first-order chi connectivity index (χ1) is 3.55. The molecule has 0 aliphatic heterocycles. The molecule has 0 saturated heterocycles. The van der Waals surface area contributed by atoms with E-state index in [1.807, 2.05) is 0 Å². The zero-order valence-electron chi connectivity index (χ0n) is 5.38. The maximum atomic E-state index is 10.7. The van der Waals surface area contributed by atoms with Crippen LogP contribution in [0.1, 0.15) is 6.92 Å². The highest BCUT2D eigenvalue weighted by molar-refractivity contribution is 7.81. The van der Waals surface area contributed by atoms with Crippen molar-refractivity contribution in [2.24, 2.45) is 0 Å². The minimum absolute atomic E-state index is 0.0494. The van der Waals surface area contributed by atoms with Crippen LogP contribution in [0.5, 0.6) is 0 Å². The van der Waals surface area contributed by atoms with Gasteiger partial charge in [-0.1, -0.05) is 0 Å². The Morgan fingerprint density at radius 1 is 1.62 bits per heavy atom. The van der Waals surface area contributed by atoms with Gasteiger partial charge in [0, 0.05) is 14.1 Å². The molecule has 0 saturated carbocycles. The smallest absolute Gasteiger partial charge is 0.234 e. The second kappa shape index (κ2) is 2.97. The normalized spacial score (nSPS) is 13.0. The zero-order valence-corrected chi connectivity index (χ0v) is 6.27. The summed E-state index contributed by atoms with van der Waals surface area (Å²) in [6.07, 6.45) is 0. The Hall–Kier alpha value is -0.180.